The number of likely N-dealkylation sites (N-methyl/N-ethyl adjacent to an activating group) is 1. The molecule has 1 aliphatic rings. The number of aromatic nitrogens is 2. The van der Waals surface area contributed by atoms with E-state index < -0.39 is 0 Å². The highest BCUT2D eigenvalue weighted by atomic mass is 16.1. The zero-order valence-corrected chi connectivity index (χ0v) is 12.0. The SMILES string of the molecule is CCN1CCN(c2cc(=O)n3cccc(C)c3n2)CC1. The second kappa shape index (κ2) is 5.25. The van der Waals surface area contributed by atoms with Gasteiger partial charge in [0.05, 0.1) is 0 Å². The minimum absolute atomic E-state index is 0.00776. The van der Waals surface area contributed by atoms with E-state index in [1.54, 1.807) is 16.7 Å². The van der Waals surface area contributed by atoms with Crippen LogP contribution in [0, 0.1) is 6.92 Å². The van der Waals surface area contributed by atoms with Crippen LogP contribution in [0.3, 0.4) is 0 Å². The van der Waals surface area contributed by atoms with Crippen LogP contribution in [-0.2, 0) is 0 Å². The number of pyridine rings is 1. The lowest BCUT2D eigenvalue weighted by molar-refractivity contribution is 0.270. The van der Waals surface area contributed by atoms with Crippen LogP contribution in [-0.4, -0.2) is 47.0 Å². The van der Waals surface area contributed by atoms with Crippen molar-refractivity contribution < 1.29 is 0 Å². The average Bonchev–Trinajstić information content (AvgIpc) is 2.48. The first kappa shape index (κ1) is 13.1. The molecule has 3 heterocycles. The Kier molecular flexibility index (Phi) is 3.44. The lowest BCUT2D eigenvalue weighted by Gasteiger charge is -2.34. The summed E-state index contributed by atoms with van der Waals surface area (Å²) < 4.78 is 1.61. The van der Waals surface area contributed by atoms with E-state index >= 15 is 0 Å². The Hall–Kier alpha value is -1.88. The van der Waals surface area contributed by atoms with E-state index in [9.17, 15) is 4.79 Å². The maximum absolute atomic E-state index is 12.2. The maximum Gasteiger partial charge on any atom is 0.259 e. The standard InChI is InChI=1S/C15H20N4O/c1-3-17-7-9-18(10-8-17)13-11-14(20)19-6-4-5-12(2)15(19)16-13/h4-6,11H,3,7-10H2,1-2H3. The van der Waals surface area contributed by atoms with E-state index in [0.29, 0.717) is 0 Å². The molecule has 0 amide bonds. The molecule has 0 unspecified atom stereocenters. The number of fused-ring (bicyclic) bond motifs is 1. The Balaban J connectivity index is 1.97. The first-order valence-corrected chi connectivity index (χ1v) is 7.15. The second-order valence-electron chi connectivity index (χ2n) is 5.26. The molecule has 0 saturated carbocycles. The van der Waals surface area contributed by atoms with Gasteiger partial charge in [0.25, 0.3) is 5.56 Å². The first-order chi connectivity index (χ1) is 9.69. The highest BCUT2D eigenvalue weighted by Crippen LogP contribution is 2.14. The van der Waals surface area contributed by atoms with Crippen molar-refractivity contribution in [1.82, 2.24) is 14.3 Å². The summed E-state index contributed by atoms with van der Waals surface area (Å²) in [5.41, 5.74) is 1.78. The van der Waals surface area contributed by atoms with Gasteiger partial charge in [0.15, 0.2) is 0 Å². The molecule has 0 bridgehead atoms. The molecule has 2 aromatic heterocycles. The lowest BCUT2D eigenvalue weighted by Crippen LogP contribution is -2.46. The summed E-state index contributed by atoms with van der Waals surface area (Å²) in [4.78, 5) is 21.5. The van der Waals surface area contributed by atoms with Crippen molar-refractivity contribution in [3.8, 4) is 0 Å². The molecule has 20 heavy (non-hydrogen) atoms. The molecule has 1 fully saturated rings. The van der Waals surface area contributed by atoms with Gasteiger partial charge in [-0.1, -0.05) is 13.0 Å². The number of hydrogen-bond acceptors (Lipinski definition) is 4. The number of rotatable bonds is 2. The van der Waals surface area contributed by atoms with Crippen LogP contribution in [0.5, 0.6) is 0 Å². The van der Waals surface area contributed by atoms with Crippen molar-refractivity contribution in [2.45, 2.75) is 13.8 Å². The van der Waals surface area contributed by atoms with E-state index in [2.05, 4.69) is 21.7 Å². The van der Waals surface area contributed by atoms with Crippen LogP contribution in [0.1, 0.15) is 12.5 Å². The fourth-order valence-electron chi connectivity index (χ4n) is 2.70. The fourth-order valence-corrected chi connectivity index (χ4v) is 2.70. The molecule has 1 saturated heterocycles. The normalized spacial score (nSPS) is 16.8. The predicted molar refractivity (Wildman–Crippen MR) is 80.5 cm³/mol. The number of hydrogen-bond donors (Lipinski definition) is 0. The van der Waals surface area contributed by atoms with Gasteiger partial charge in [0, 0.05) is 38.4 Å². The van der Waals surface area contributed by atoms with Gasteiger partial charge in [-0.2, -0.15) is 0 Å². The minimum Gasteiger partial charge on any atom is -0.354 e. The predicted octanol–water partition coefficient (Wildman–Crippen LogP) is 1.14. The van der Waals surface area contributed by atoms with Gasteiger partial charge in [-0.05, 0) is 25.1 Å². The molecule has 5 nitrogen and oxygen atoms in total. The number of anilines is 1. The highest BCUT2D eigenvalue weighted by Gasteiger charge is 2.18. The van der Waals surface area contributed by atoms with Crippen molar-refractivity contribution in [2.75, 3.05) is 37.6 Å². The molecule has 2 aromatic rings. The van der Waals surface area contributed by atoms with E-state index in [0.717, 1.165) is 49.8 Å². The summed E-state index contributed by atoms with van der Waals surface area (Å²) in [5, 5.41) is 0. The lowest BCUT2D eigenvalue weighted by atomic mass is 10.3. The monoisotopic (exact) mass is 272 g/mol. The summed E-state index contributed by atoms with van der Waals surface area (Å²) in [6.45, 7) is 9.18. The summed E-state index contributed by atoms with van der Waals surface area (Å²) in [6.07, 6.45) is 1.77. The number of piperazine rings is 1. The molecular formula is C15H20N4O. The van der Waals surface area contributed by atoms with E-state index in [1.165, 1.54) is 0 Å². The van der Waals surface area contributed by atoms with Crippen molar-refractivity contribution in [2.24, 2.45) is 0 Å². The van der Waals surface area contributed by atoms with Gasteiger partial charge in [0.2, 0.25) is 0 Å². The number of nitrogens with zero attached hydrogens (tertiary/aromatic N) is 4. The first-order valence-electron chi connectivity index (χ1n) is 7.15. The molecule has 0 atom stereocenters. The largest absolute Gasteiger partial charge is 0.354 e. The maximum atomic E-state index is 12.2. The molecule has 106 valence electrons. The van der Waals surface area contributed by atoms with E-state index in [1.807, 2.05) is 19.1 Å². The Labute approximate surface area is 118 Å². The van der Waals surface area contributed by atoms with Crippen LogP contribution >= 0.6 is 0 Å². The molecule has 0 radical (unpaired) electrons. The average molecular weight is 272 g/mol. The molecule has 0 spiro atoms. The van der Waals surface area contributed by atoms with Gasteiger partial charge >= 0.3 is 0 Å². The third-order valence-electron chi connectivity index (χ3n) is 4.02. The molecule has 1 aliphatic heterocycles. The topological polar surface area (TPSA) is 40.9 Å². The van der Waals surface area contributed by atoms with Crippen LogP contribution in [0.25, 0.3) is 5.65 Å². The zero-order valence-electron chi connectivity index (χ0n) is 12.0. The smallest absolute Gasteiger partial charge is 0.259 e. The zero-order chi connectivity index (χ0) is 14.1. The van der Waals surface area contributed by atoms with Gasteiger partial charge in [-0.25, -0.2) is 4.98 Å². The molecule has 0 aromatic carbocycles. The third-order valence-corrected chi connectivity index (χ3v) is 4.02. The van der Waals surface area contributed by atoms with E-state index in [-0.39, 0.29) is 5.56 Å². The van der Waals surface area contributed by atoms with Gasteiger partial charge < -0.3 is 9.80 Å². The van der Waals surface area contributed by atoms with Crippen LogP contribution in [0.4, 0.5) is 5.82 Å². The van der Waals surface area contributed by atoms with Gasteiger partial charge in [0.1, 0.15) is 11.5 Å². The van der Waals surface area contributed by atoms with Crippen LogP contribution in [0.15, 0.2) is 29.2 Å². The van der Waals surface area contributed by atoms with Crippen molar-refractivity contribution in [1.29, 1.82) is 0 Å². The van der Waals surface area contributed by atoms with Crippen LogP contribution in [0.2, 0.25) is 0 Å². The second-order valence-corrected chi connectivity index (χ2v) is 5.26. The molecule has 0 aliphatic carbocycles. The van der Waals surface area contributed by atoms with Crippen molar-refractivity contribution >= 4 is 11.5 Å². The Bertz CT molecular complexity index is 671. The quantitative estimate of drug-likeness (QED) is 0.822. The summed E-state index contributed by atoms with van der Waals surface area (Å²) in [5.74, 6) is 0.806. The molecule has 5 heteroatoms. The summed E-state index contributed by atoms with van der Waals surface area (Å²) in [6, 6.07) is 5.51. The van der Waals surface area contributed by atoms with Gasteiger partial charge in [-0.3, -0.25) is 9.20 Å². The van der Waals surface area contributed by atoms with E-state index in [4.69, 9.17) is 0 Å². The van der Waals surface area contributed by atoms with Gasteiger partial charge in [-0.15, -0.1) is 0 Å². The van der Waals surface area contributed by atoms with Crippen molar-refractivity contribution in [3.63, 3.8) is 0 Å². The fraction of sp³-hybridized carbons (Fsp3) is 0.467. The Morgan fingerprint density at radius 2 is 2.00 bits per heavy atom. The highest BCUT2D eigenvalue weighted by molar-refractivity contribution is 5.53. The Morgan fingerprint density at radius 1 is 1.25 bits per heavy atom. The van der Waals surface area contributed by atoms with Crippen LogP contribution < -0.4 is 10.5 Å². The molecular weight excluding hydrogens is 252 g/mol. The minimum atomic E-state index is -0.00776. The third kappa shape index (κ3) is 2.29. The Morgan fingerprint density at radius 3 is 2.70 bits per heavy atom. The van der Waals surface area contributed by atoms with Crippen molar-refractivity contribution in [3.05, 3.63) is 40.3 Å². The molecule has 0 N–H and O–H groups in total. The number of aryl methyl sites for hydroxylation is 1. The summed E-state index contributed by atoms with van der Waals surface area (Å²) >= 11 is 0. The summed E-state index contributed by atoms with van der Waals surface area (Å²) in [7, 11) is 0. The molecule has 3 rings (SSSR count).